The molecule has 0 amide bonds. The Morgan fingerprint density at radius 3 is 1.64 bits per heavy atom. The van der Waals surface area contributed by atoms with Crippen LogP contribution in [0.5, 0.6) is 0 Å². The van der Waals surface area contributed by atoms with Gasteiger partial charge in [-0.05, 0) is 52.9 Å². The van der Waals surface area contributed by atoms with Crippen LogP contribution in [0.1, 0.15) is 143 Å². The number of nitrogens with zero attached hydrogens (tertiary/aromatic N) is 1. The molecule has 0 aromatic rings. The molecule has 0 spiro atoms. The zero-order valence-corrected chi connectivity index (χ0v) is 29.8. The molecule has 1 unspecified atom stereocenters. The van der Waals surface area contributed by atoms with Crippen LogP contribution in [-0.4, -0.2) is 75.2 Å². The van der Waals surface area contributed by atoms with Crippen molar-refractivity contribution < 1.29 is 32.5 Å². The number of ether oxygens (including phenoxy) is 2. The predicted octanol–water partition coefficient (Wildman–Crippen LogP) is 9.62. The Labute approximate surface area is 261 Å². The Hall–Kier alpha value is -0.270. The van der Waals surface area contributed by atoms with Gasteiger partial charge in [-0.1, -0.05) is 103 Å². The van der Waals surface area contributed by atoms with Gasteiger partial charge in [-0.25, -0.2) is 4.57 Å². The molecule has 42 heavy (non-hydrogen) atoms. The molecule has 0 aromatic carbocycles. The summed E-state index contributed by atoms with van der Waals surface area (Å²) in [4.78, 5) is 10.0. The summed E-state index contributed by atoms with van der Waals surface area (Å²) in [6.07, 6.45) is 28.0. The number of rotatable bonds is 30. The van der Waals surface area contributed by atoms with E-state index >= 15 is 0 Å². The van der Waals surface area contributed by atoms with E-state index in [0.717, 1.165) is 12.8 Å². The summed E-state index contributed by atoms with van der Waals surface area (Å²) < 4.78 is 35.1. The number of hydrogen-bond acceptors (Lipinski definition) is 5. The summed E-state index contributed by atoms with van der Waals surface area (Å²) in [5.41, 5.74) is -0.412. The molecule has 8 heteroatoms. The molecule has 0 aromatic heterocycles. The van der Waals surface area contributed by atoms with Crippen molar-refractivity contribution >= 4 is 7.82 Å². The number of likely N-dealkylation sites (N-methyl/N-ethyl adjacent to an activating group) is 1. The van der Waals surface area contributed by atoms with Crippen molar-refractivity contribution in [2.45, 2.75) is 155 Å². The molecule has 0 bridgehead atoms. The average Bonchev–Trinajstić information content (AvgIpc) is 2.88. The maximum Gasteiger partial charge on any atom is 0.472 e. The number of hydrogen-bond donors (Lipinski definition) is 1. The van der Waals surface area contributed by atoms with Crippen molar-refractivity contribution in [1.29, 1.82) is 0 Å². The molecule has 0 saturated heterocycles. The Morgan fingerprint density at radius 1 is 0.690 bits per heavy atom. The van der Waals surface area contributed by atoms with Crippen LogP contribution in [0.15, 0.2) is 12.2 Å². The van der Waals surface area contributed by atoms with Crippen LogP contribution in [0.25, 0.3) is 0 Å². The van der Waals surface area contributed by atoms with E-state index < -0.39 is 19.5 Å². The summed E-state index contributed by atoms with van der Waals surface area (Å²) in [7, 11) is 1.86. The molecule has 7 nitrogen and oxygen atoms in total. The highest BCUT2D eigenvalue weighted by molar-refractivity contribution is 7.47. The topological polar surface area (TPSA) is 74.2 Å². The lowest BCUT2D eigenvalue weighted by atomic mass is 10.1. The minimum Gasteiger partial charge on any atom is -0.379 e. The highest BCUT2D eigenvalue weighted by Crippen LogP contribution is 2.43. The molecule has 0 heterocycles. The molecule has 0 rings (SSSR count). The van der Waals surface area contributed by atoms with E-state index in [9.17, 15) is 9.46 Å². The van der Waals surface area contributed by atoms with Crippen LogP contribution in [0.4, 0.5) is 0 Å². The van der Waals surface area contributed by atoms with Crippen LogP contribution in [0.3, 0.4) is 0 Å². The van der Waals surface area contributed by atoms with Crippen molar-refractivity contribution in [3.05, 3.63) is 12.2 Å². The lowest BCUT2D eigenvalue weighted by Gasteiger charge is -2.28. The van der Waals surface area contributed by atoms with Gasteiger partial charge in [-0.2, -0.15) is 0 Å². The lowest BCUT2D eigenvalue weighted by molar-refractivity contribution is -0.870. The van der Waals surface area contributed by atoms with E-state index in [4.69, 9.17) is 18.5 Å². The SMILES string of the molecule is CCCCCCCCCC=CCCCCCCCCCCCOC[C@H](COP(=O)(O)OCC[N+](C)(C)C)OC(C)(C)C. The Kier molecular flexibility index (Phi) is 25.8. The van der Waals surface area contributed by atoms with E-state index in [1.54, 1.807) is 0 Å². The second-order valence-corrected chi connectivity index (χ2v) is 15.3. The number of unbranched alkanes of at least 4 members (excludes halogenated alkanes) is 16. The first-order valence-electron chi connectivity index (χ1n) is 17.2. The molecule has 252 valence electrons. The molecule has 2 atom stereocenters. The van der Waals surface area contributed by atoms with E-state index in [1.807, 2.05) is 41.9 Å². The number of phosphoric acid groups is 1. The maximum atomic E-state index is 12.2. The van der Waals surface area contributed by atoms with Gasteiger partial charge in [-0.3, -0.25) is 9.05 Å². The summed E-state index contributed by atoms with van der Waals surface area (Å²) in [5.74, 6) is 0. The van der Waals surface area contributed by atoms with Gasteiger partial charge < -0.3 is 18.9 Å². The third-order valence-corrected chi connectivity index (χ3v) is 8.05. The van der Waals surface area contributed by atoms with Gasteiger partial charge in [0.05, 0.1) is 40.0 Å². The Morgan fingerprint density at radius 2 is 1.17 bits per heavy atom. The summed E-state index contributed by atoms with van der Waals surface area (Å²) in [6, 6.07) is 0. The normalized spacial score (nSPS) is 15.0. The van der Waals surface area contributed by atoms with Gasteiger partial charge in [0.15, 0.2) is 0 Å². The fourth-order valence-corrected chi connectivity index (χ4v) is 5.38. The van der Waals surface area contributed by atoms with Crippen molar-refractivity contribution in [1.82, 2.24) is 0 Å². The van der Waals surface area contributed by atoms with E-state index in [1.165, 1.54) is 103 Å². The monoisotopic (exact) mass is 621 g/mol. The highest BCUT2D eigenvalue weighted by Gasteiger charge is 2.27. The highest BCUT2D eigenvalue weighted by atomic mass is 31.2. The van der Waals surface area contributed by atoms with Gasteiger partial charge in [-0.15, -0.1) is 0 Å². The third kappa shape index (κ3) is 32.6. The van der Waals surface area contributed by atoms with Crippen LogP contribution in [0, 0.1) is 0 Å². The van der Waals surface area contributed by atoms with Crippen molar-refractivity contribution in [3.63, 3.8) is 0 Å². The Bertz CT molecular complexity index is 674. The molecule has 1 N–H and O–H groups in total. The van der Waals surface area contributed by atoms with Crippen LogP contribution < -0.4 is 0 Å². The third-order valence-electron chi connectivity index (χ3n) is 7.06. The molecule has 0 aliphatic rings. The smallest absolute Gasteiger partial charge is 0.379 e. The van der Waals surface area contributed by atoms with Gasteiger partial charge in [0.2, 0.25) is 0 Å². The number of phosphoric ester groups is 1. The summed E-state index contributed by atoms with van der Waals surface area (Å²) in [5, 5.41) is 0. The zero-order chi connectivity index (χ0) is 31.6. The quantitative estimate of drug-likeness (QED) is 0.0373. The van der Waals surface area contributed by atoms with Gasteiger partial charge in [0.1, 0.15) is 19.3 Å². The van der Waals surface area contributed by atoms with Crippen LogP contribution in [0.2, 0.25) is 0 Å². The maximum absolute atomic E-state index is 12.2. The molecule has 0 aliphatic heterocycles. The first-order valence-corrected chi connectivity index (χ1v) is 18.7. The minimum absolute atomic E-state index is 0.0506. The van der Waals surface area contributed by atoms with Crippen molar-refractivity contribution in [3.8, 4) is 0 Å². The molecular weight excluding hydrogens is 549 g/mol. The van der Waals surface area contributed by atoms with E-state index in [2.05, 4.69) is 19.1 Å². The molecular formula is C34H71NO6P+. The standard InChI is InChI=1S/C34H70NO6P/c1-8-9-10-11-12-13-14-15-16-17-18-19-20-21-22-23-24-25-26-27-29-38-31-33(41-34(2,3)4)32-40-42(36,37)39-30-28-35(5,6)7/h16-17,33H,8-15,18-32H2,1-7H3/p+1/t33-/m1/s1. The van der Waals surface area contributed by atoms with Crippen LogP contribution >= 0.6 is 7.82 Å². The summed E-state index contributed by atoms with van der Waals surface area (Å²) in [6.45, 7) is 9.82. The van der Waals surface area contributed by atoms with Gasteiger partial charge in [0, 0.05) is 6.61 Å². The Balaban J connectivity index is 3.75. The molecule has 0 aliphatic carbocycles. The van der Waals surface area contributed by atoms with Gasteiger partial charge >= 0.3 is 7.82 Å². The lowest BCUT2D eigenvalue weighted by Crippen LogP contribution is -2.37. The summed E-state index contributed by atoms with van der Waals surface area (Å²) >= 11 is 0. The molecule has 0 radical (unpaired) electrons. The van der Waals surface area contributed by atoms with Crippen LogP contribution in [-0.2, 0) is 23.1 Å². The zero-order valence-electron chi connectivity index (χ0n) is 28.9. The van der Waals surface area contributed by atoms with E-state index in [0.29, 0.717) is 24.2 Å². The average molecular weight is 621 g/mol. The fraction of sp³-hybridized carbons (Fsp3) is 0.941. The van der Waals surface area contributed by atoms with E-state index in [-0.39, 0.29) is 13.2 Å². The van der Waals surface area contributed by atoms with Crippen molar-refractivity contribution in [2.75, 3.05) is 54.1 Å². The molecule has 0 saturated carbocycles. The molecule has 0 fully saturated rings. The fourth-order valence-electron chi connectivity index (χ4n) is 4.63. The minimum atomic E-state index is -4.13. The number of quaternary nitrogens is 1. The second-order valence-electron chi connectivity index (χ2n) is 13.9. The first kappa shape index (κ1) is 41.7. The largest absolute Gasteiger partial charge is 0.472 e. The van der Waals surface area contributed by atoms with Gasteiger partial charge in [0.25, 0.3) is 0 Å². The predicted molar refractivity (Wildman–Crippen MR) is 178 cm³/mol. The van der Waals surface area contributed by atoms with Crippen molar-refractivity contribution in [2.24, 2.45) is 0 Å². The number of allylic oxidation sites excluding steroid dienone is 2. The second kappa shape index (κ2) is 26.0. The first-order chi connectivity index (χ1) is 19.8.